The fourth-order valence-electron chi connectivity index (χ4n) is 3.52. The van der Waals surface area contributed by atoms with Crippen molar-refractivity contribution in [3.8, 4) is 0 Å². The number of piperazine rings is 1. The van der Waals surface area contributed by atoms with Crippen LogP contribution in [0.1, 0.15) is 45.4 Å². The molecule has 0 aromatic carbocycles. The molecule has 1 heterocycles. The van der Waals surface area contributed by atoms with Gasteiger partial charge in [0, 0.05) is 31.7 Å². The summed E-state index contributed by atoms with van der Waals surface area (Å²) >= 11 is 0. The summed E-state index contributed by atoms with van der Waals surface area (Å²) in [6.07, 6.45) is 1.60. The van der Waals surface area contributed by atoms with Crippen LogP contribution in [0.4, 0.5) is 13.2 Å². The lowest BCUT2D eigenvalue weighted by Crippen LogP contribution is -2.56. The van der Waals surface area contributed by atoms with E-state index in [2.05, 4.69) is 5.32 Å². The Kier molecular flexibility index (Phi) is 5.12. The second kappa shape index (κ2) is 6.44. The Bertz CT molecular complexity index is 274. The van der Waals surface area contributed by atoms with E-state index < -0.39 is 18.6 Å². The van der Waals surface area contributed by atoms with E-state index in [9.17, 15) is 13.2 Å². The number of hydrogen-bond donors (Lipinski definition) is 1. The summed E-state index contributed by atoms with van der Waals surface area (Å²) in [5, 5.41) is 3.51. The van der Waals surface area contributed by atoms with E-state index >= 15 is 0 Å². The van der Waals surface area contributed by atoms with Crippen molar-refractivity contribution in [2.45, 2.75) is 63.7 Å². The smallest absolute Gasteiger partial charge is 0.311 e. The Morgan fingerprint density at radius 2 is 1.89 bits per heavy atom. The maximum atomic E-state index is 12.5. The first-order valence-corrected chi connectivity index (χ1v) is 7.50. The minimum atomic E-state index is -4.05. The highest BCUT2D eigenvalue weighted by molar-refractivity contribution is 4.88. The van der Waals surface area contributed by atoms with Crippen LogP contribution >= 0.6 is 0 Å². The third kappa shape index (κ3) is 4.63. The molecule has 0 amide bonds. The quantitative estimate of drug-likeness (QED) is 0.853. The monoisotopic (exact) mass is 278 g/mol. The minimum Gasteiger partial charge on any atom is -0.311 e. The number of nitrogens with zero attached hydrogens (tertiary/aromatic N) is 1. The average molecular weight is 278 g/mol. The predicted octanol–water partition coefficient (Wildman–Crippen LogP) is 3.18. The van der Waals surface area contributed by atoms with Crippen molar-refractivity contribution in [1.82, 2.24) is 10.2 Å². The van der Waals surface area contributed by atoms with Gasteiger partial charge in [0.25, 0.3) is 0 Å². The summed E-state index contributed by atoms with van der Waals surface area (Å²) in [6.45, 7) is 4.04. The maximum Gasteiger partial charge on any atom is 0.390 e. The molecular formula is C14H25F3N2. The molecule has 112 valence electrons. The van der Waals surface area contributed by atoms with Gasteiger partial charge in [-0.05, 0) is 25.7 Å². The van der Waals surface area contributed by atoms with Crippen molar-refractivity contribution < 1.29 is 13.2 Å². The lowest BCUT2D eigenvalue weighted by Gasteiger charge is -2.41. The standard InChI is InChI=1S/C14H25F3N2/c1-11(9-14(15,16)17)19-8-7-18-13(10-19)12-5-3-2-4-6-12/h11-13,18H,2-10H2,1H3. The van der Waals surface area contributed by atoms with Crippen molar-refractivity contribution in [3.05, 3.63) is 0 Å². The highest BCUT2D eigenvalue weighted by Gasteiger charge is 2.35. The van der Waals surface area contributed by atoms with Gasteiger partial charge in [0.2, 0.25) is 0 Å². The Balaban J connectivity index is 1.85. The molecule has 2 rings (SSSR count). The average Bonchev–Trinajstić information content (AvgIpc) is 2.38. The van der Waals surface area contributed by atoms with Crippen LogP contribution in [0.5, 0.6) is 0 Å². The molecule has 0 spiro atoms. The van der Waals surface area contributed by atoms with Gasteiger partial charge in [0.05, 0.1) is 6.42 Å². The van der Waals surface area contributed by atoms with E-state index in [1.165, 1.54) is 32.1 Å². The van der Waals surface area contributed by atoms with Gasteiger partial charge in [0.15, 0.2) is 0 Å². The number of rotatable bonds is 3. The van der Waals surface area contributed by atoms with E-state index in [1.807, 2.05) is 4.90 Å². The fraction of sp³-hybridized carbons (Fsp3) is 1.00. The van der Waals surface area contributed by atoms with Gasteiger partial charge in [-0.25, -0.2) is 0 Å². The van der Waals surface area contributed by atoms with E-state index in [4.69, 9.17) is 0 Å². The third-order valence-corrected chi connectivity index (χ3v) is 4.61. The number of hydrogen-bond acceptors (Lipinski definition) is 2. The second-order valence-corrected chi connectivity index (χ2v) is 6.12. The fourth-order valence-corrected chi connectivity index (χ4v) is 3.52. The lowest BCUT2D eigenvalue weighted by atomic mass is 9.83. The van der Waals surface area contributed by atoms with Crippen LogP contribution in [-0.2, 0) is 0 Å². The van der Waals surface area contributed by atoms with Crippen LogP contribution in [0.2, 0.25) is 0 Å². The second-order valence-electron chi connectivity index (χ2n) is 6.12. The zero-order valence-electron chi connectivity index (χ0n) is 11.7. The lowest BCUT2D eigenvalue weighted by molar-refractivity contribution is -0.147. The molecule has 0 radical (unpaired) electrons. The van der Waals surface area contributed by atoms with Gasteiger partial charge in [-0.2, -0.15) is 13.2 Å². The Labute approximate surface area is 113 Å². The topological polar surface area (TPSA) is 15.3 Å². The van der Waals surface area contributed by atoms with Crippen LogP contribution in [0.15, 0.2) is 0 Å². The number of nitrogens with one attached hydrogen (secondary N) is 1. The summed E-state index contributed by atoms with van der Waals surface area (Å²) in [4.78, 5) is 2.02. The molecule has 5 heteroatoms. The van der Waals surface area contributed by atoms with E-state index in [0.29, 0.717) is 12.0 Å². The van der Waals surface area contributed by atoms with Crippen molar-refractivity contribution in [3.63, 3.8) is 0 Å². The maximum absolute atomic E-state index is 12.5. The molecule has 1 saturated heterocycles. The van der Waals surface area contributed by atoms with Crippen molar-refractivity contribution >= 4 is 0 Å². The summed E-state index contributed by atoms with van der Waals surface area (Å²) in [5.74, 6) is 0.662. The molecule has 2 nitrogen and oxygen atoms in total. The van der Waals surface area contributed by atoms with Crippen LogP contribution < -0.4 is 5.32 Å². The number of halogens is 3. The predicted molar refractivity (Wildman–Crippen MR) is 70.1 cm³/mol. The van der Waals surface area contributed by atoms with Gasteiger partial charge >= 0.3 is 6.18 Å². The molecule has 1 N–H and O–H groups in total. The van der Waals surface area contributed by atoms with Crippen molar-refractivity contribution in [1.29, 1.82) is 0 Å². The molecule has 0 aromatic rings. The first-order chi connectivity index (χ1) is 8.96. The summed E-state index contributed by atoms with van der Waals surface area (Å²) in [6, 6.07) is -0.00192. The molecular weight excluding hydrogens is 253 g/mol. The molecule has 1 saturated carbocycles. The molecule has 2 atom stereocenters. The largest absolute Gasteiger partial charge is 0.390 e. The van der Waals surface area contributed by atoms with Gasteiger partial charge < -0.3 is 5.32 Å². The highest BCUT2D eigenvalue weighted by atomic mass is 19.4. The van der Waals surface area contributed by atoms with Crippen LogP contribution in [0.25, 0.3) is 0 Å². The Morgan fingerprint density at radius 3 is 2.53 bits per heavy atom. The zero-order chi connectivity index (χ0) is 13.9. The summed E-state index contributed by atoms with van der Waals surface area (Å²) in [7, 11) is 0. The first-order valence-electron chi connectivity index (χ1n) is 7.50. The van der Waals surface area contributed by atoms with Crippen molar-refractivity contribution in [2.75, 3.05) is 19.6 Å². The van der Waals surface area contributed by atoms with Gasteiger partial charge in [-0.15, -0.1) is 0 Å². The van der Waals surface area contributed by atoms with E-state index in [-0.39, 0.29) is 0 Å². The number of alkyl halides is 3. The minimum absolute atomic E-state index is 0.393. The molecule has 19 heavy (non-hydrogen) atoms. The Morgan fingerprint density at radius 1 is 1.21 bits per heavy atom. The Hall–Kier alpha value is -0.290. The molecule has 2 fully saturated rings. The van der Waals surface area contributed by atoms with Gasteiger partial charge in [0.1, 0.15) is 0 Å². The SMILES string of the molecule is CC(CC(F)(F)F)N1CCNC(C2CCCCC2)C1. The molecule has 1 aliphatic carbocycles. The highest BCUT2D eigenvalue weighted by Crippen LogP contribution is 2.29. The normalized spacial score (nSPS) is 29.4. The van der Waals surface area contributed by atoms with Crippen molar-refractivity contribution in [2.24, 2.45) is 5.92 Å². The molecule has 0 bridgehead atoms. The first kappa shape index (κ1) is 15.1. The zero-order valence-corrected chi connectivity index (χ0v) is 11.7. The molecule has 2 aliphatic rings. The van der Waals surface area contributed by atoms with E-state index in [0.717, 1.165) is 19.6 Å². The van der Waals surface area contributed by atoms with Crippen LogP contribution in [0, 0.1) is 5.92 Å². The molecule has 0 aromatic heterocycles. The molecule has 2 unspecified atom stereocenters. The third-order valence-electron chi connectivity index (χ3n) is 4.61. The molecule has 1 aliphatic heterocycles. The van der Waals surface area contributed by atoms with E-state index in [1.54, 1.807) is 6.92 Å². The summed E-state index contributed by atoms with van der Waals surface area (Å²) < 4.78 is 37.4. The van der Waals surface area contributed by atoms with Gasteiger partial charge in [-0.3, -0.25) is 4.90 Å². The summed E-state index contributed by atoms with van der Waals surface area (Å²) in [5.41, 5.74) is 0. The van der Waals surface area contributed by atoms with Crippen LogP contribution in [0.3, 0.4) is 0 Å². The van der Waals surface area contributed by atoms with Gasteiger partial charge in [-0.1, -0.05) is 19.3 Å². The van der Waals surface area contributed by atoms with Crippen LogP contribution in [-0.4, -0.2) is 42.8 Å².